The number of hydrogen-bond donors (Lipinski definition) is 1. The Morgan fingerprint density at radius 3 is 2.40 bits per heavy atom. The second-order valence-corrected chi connectivity index (χ2v) is 7.04. The zero-order chi connectivity index (χ0) is 17.6. The van der Waals surface area contributed by atoms with E-state index in [0.29, 0.717) is 24.5 Å². The lowest BCUT2D eigenvalue weighted by Gasteiger charge is -2.33. The minimum absolute atomic E-state index is 0.284. The Morgan fingerprint density at radius 1 is 1.04 bits per heavy atom. The predicted octanol–water partition coefficient (Wildman–Crippen LogP) is 2.90. The van der Waals surface area contributed by atoms with E-state index in [0.717, 1.165) is 23.5 Å². The number of piperazine rings is 1. The molecule has 0 atom stereocenters. The van der Waals surface area contributed by atoms with E-state index in [-0.39, 0.29) is 12.7 Å². The summed E-state index contributed by atoms with van der Waals surface area (Å²) in [6, 6.07) is 13.1. The van der Waals surface area contributed by atoms with Crippen LogP contribution in [0.5, 0.6) is 0 Å². The highest BCUT2D eigenvalue weighted by Gasteiger charge is 2.22. The third-order valence-electron chi connectivity index (χ3n) is 4.09. The number of carbonyl (C=O) groups excluding carboxylic acids is 1. The van der Waals surface area contributed by atoms with E-state index in [1.54, 1.807) is 11.0 Å². The molecule has 132 valence electrons. The van der Waals surface area contributed by atoms with Crippen molar-refractivity contribution in [3.05, 3.63) is 57.8 Å². The Hall–Kier alpha value is -2.38. The molecule has 3 rings (SSSR count). The number of benzene rings is 1. The van der Waals surface area contributed by atoms with Crippen molar-refractivity contribution in [2.75, 3.05) is 26.2 Å². The minimum Gasteiger partial charge on any atom is -0.477 e. The van der Waals surface area contributed by atoms with Crippen LogP contribution >= 0.6 is 11.3 Å². The highest BCUT2D eigenvalue weighted by atomic mass is 32.1. The van der Waals surface area contributed by atoms with Crippen LogP contribution in [0.1, 0.15) is 20.1 Å². The fraction of sp³-hybridized carbons (Fsp3) is 0.333. The number of aromatic carboxylic acids is 1. The number of amides is 1. The molecule has 1 N–H and O–H groups in total. The van der Waals surface area contributed by atoms with Crippen molar-refractivity contribution in [2.24, 2.45) is 0 Å². The predicted molar refractivity (Wildman–Crippen MR) is 94.8 cm³/mol. The van der Waals surface area contributed by atoms with Crippen LogP contribution in [0, 0.1) is 0 Å². The second kappa shape index (κ2) is 8.13. The SMILES string of the molecule is O=C(O)c1ccc(CN2CCN(C(=O)OCc3ccccc3)CC2)s1. The van der Waals surface area contributed by atoms with E-state index in [2.05, 4.69) is 4.90 Å². The third kappa shape index (κ3) is 4.80. The van der Waals surface area contributed by atoms with Gasteiger partial charge in [-0.3, -0.25) is 4.90 Å². The number of hydrogen-bond acceptors (Lipinski definition) is 5. The minimum atomic E-state index is -0.887. The van der Waals surface area contributed by atoms with Gasteiger partial charge in [0.2, 0.25) is 0 Å². The van der Waals surface area contributed by atoms with Crippen molar-refractivity contribution in [2.45, 2.75) is 13.2 Å². The Labute approximate surface area is 150 Å². The Morgan fingerprint density at radius 2 is 1.76 bits per heavy atom. The van der Waals surface area contributed by atoms with Gasteiger partial charge in [0.25, 0.3) is 0 Å². The molecule has 2 aromatic rings. The van der Waals surface area contributed by atoms with Gasteiger partial charge in [0.1, 0.15) is 11.5 Å². The van der Waals surface area contributed by atoms with Gasteiger partial charge in [0.05, 0.1) is 0 Å². The van der Waals surface area contributed by atoms with Crippen molar-refractivity contribution in [3.8, 4) is 0 Å². The second-order valence-electron chi connectivity index (χ2n) is 5.87. The zero-order valence-corrected chi connectivity index (χ0v) is 14.6. The van der Waals surface area contributed by atoms with Gasteiger partial charge in [-0.2, -0.15) is 0 Å². The highest BCUT2D eigenvalue weighted by molar-refractivity contribution is 7.13. The molecule has 1 aliphatic heterocycles. The van der Waals surface area contributed by atoms with Crippen LogP contribution in [-0.4, -0.2) is 53.1 Å². The number of nitrogens with zero attached hydrogens (tertiary/aromatic N) is 2. The topological polar surface area (TPSA) is 70.1 Å². The first-order valence-corrected chi connectivity index (χ1v) is 8.93. The van der Waals surface area contributed by atoms with Gasteiger partial charge in [0, 0.05) is 37.6 Å². The summed E-state index contributed by atoms with van der Waals surface area (Å²) >= 11 is 1.30. The van der Waals surface area contributed by atoms with Crippen LogP contribution in [0.25, 0.3) is 0 Å². The molecule has 1 aromatic carbocycles. The quantitative estimate of drug-likeness (QED) is 0.888. The molecule has 25 heavy (non-hydrogen) atoms. The first-order chi connectivity index (χ1) is 12.1. The fourth-order valence-electron chi connectivity index (χ4n) is 2.70. The normalized spacial score (nSPS) is 15.1. The molecular weight excluding hydrogens is 340 g/mol. The van der Waals surface area contributed by atoms with E-state index in [9.17, 15) is 9.59 Å². The summed E-state index contributed by atoms with van der Waals surface area (Å²) in [5.41, 5.74) is 0.974. The lowest BCUT2D eigenvalue weighted by atomic mass is 10.2. The summed E-state index contributed by atoms with van der Waals surface area (Å²) in [6.45, 7) is 3.73. The third-order valence-corrected chi connectivity index (χ3v) is 5.15. The van der Waals surface area contributed by atoms with Crippen LogP contribution in [0.2, 0.25) is 0 Å². The Kier molecular flexibility index (Phi) is 5.67. The van der Waals surface area contributed by atoms with Gasteiger partial charge in [-0.15, -0.1) is 11.3 Å². The van der Waals surface area contributed by atoms with Crippen molar-refractivity contribution in [3.63, 3.8) is 0 Å². The zero-order valence-electron chi connectivity index (χ0n) is 13.8. The molecule has 0 unspecified atom stereocenters. The first-order valence-electron chi connectivity index (χ1n) is 8.12. The summed E-state index contributed by atoms with van der Waals surface area (Å²) in [5.74, 6) is -0.887. The van der Waals surface area contributed by atoms with E-state index < -0.39 is 5.97 Å². The molecule has 6 nitrogen and oxygen atoms in total. The van der Waals surface area contributed by atoms with Crippen LogP contribution in [-0.2, 0) is 17.9 Å². The number of ether oxygens (including phenoxy) is 1. The molecule has 0 radical (unpaired) electrons. The lowest BCUT2D eigenvalue weighted by Crippen LogP contribution is -2.48. The Bertz CT molecular complexity index is 724. The number of carbonyl (C=O) groups is 2. The van der Waals surface area contributed by atoms with Gasteiger partial charge in [0.15, 0.2) is 0 Å². The maximum Gasteiger partial charge on any atom is 0.410 e. The molecule has 1 aliphatic rings. The molecule has 0 bridgehead atoms. The number of rotatable bonds is 5. The molecule has 1 fully saturated rings. The molecule has 2 heterocycles. The van der Waals surface area contributed by atoms with E-state index >= 15 is 0 Å². The van der Waals surface area contributed by atoms with Crippen molar-refractivity contribution in [1.82, 2.24) is 9.80 Å². The molecular formula is C18H20N2O4S. The smallest absolute Gasteiger partial charge is 0.410 e. The van der Waals surface area contributed by atoms with Gasteiger partial charge < -0.3 is 14.7 Å². The van der Waals surface area contributed by atoms with Crippen molar-refractivity contribution < 1.29 is 19.4 Å². The largest absolute Gasteiger partial charge is 0.477 e. The number of carboxylic acid groups (broad SMARTS) is 1. The molecule has 0 aliphatic carbocycles. The van der Waals surface area contributed by atoms with Crippen molar-refractivity contribution >= 4 is 23.4 Å². The standard InChI is InChI=1S/C18H20N2O4S/c21-17(22)16-7-6-15(25-16)12-19-8-10-20(11-9-19)18(23)24-13-14-4-2-1-3-5-14/h1-7H,8-13H2,(H,21,22). The summed E-state index contributed by atoms with van der Waals surface area (Å²) < 4.78 is 5.36. The molecule has 7 heteroatoms. The van der Waals surface area contributed by atoms with Gasteiger partial charge in [-0.1, -0.05) is 30.3 Å². The summed E-state index contributed by atoms with van der Waals surface area (Å²) in [4.78, 5) is 28.4. The monoisotopic (exact) mass is 360 g/mol. The van der Waals surface area contributed by atoms with Crippen LogP contribution < -0.4 is 0 Å². The highest BCUT2D eigenvalue weighted by Crippen LogP contribution is 2.19. The molecule has 0 saturated carbocycles. The van der Waals surface area contributed by atoms with E-state index in [4.69, 9.17) is 9.84 Å². The average Bonchev–Trinajstić information content (AvgIpc) is 3.10. The first kappa shape index (κ1) is 17.4. The summed E-state index contributed by atoms with van der Waals surface area (Å²) in [5, 5.41) is 8.97. The summed E-state index contributed by atoms with van der Waals surface area (Å²) in [6.07, 6.45) is -0.284. The van der Waals surface area contributed by atoms with E-state index in [1.165, 1.54) is 11.3 Å². The Balaban J connectivity index is 1.43. The van der Waals surface area contributed by atoms with Crippen LogP contribution in [0.15, 0.2) is 42.5 Å². The lowest BCUT2D eigenvalue weighted by molar-refractivity contribution is 0.0693. The summed E-state index contributed by atoms with van der Waals surface area (Å²) in [7, 11) is 0. The molecule has 0 spiro atoms. The van der Waals surface area contributed by atoms with Crippen LogP contribution in [0.3, 0.4) is 0 Å². The van der Waals surface area contributed by atoms with Crippen molar-refractivity contribution in [1.29, 1.82) is 0 Å². The van der Waals surface area contributed by atoms with E-state index in [1.807, 2.05) is 36.4 Å². The fourth-order valence-corrected chi connectivity index (χ4v) is 3.59. The molecule has 1 saturated heterocycles. The van der Waals surface area contributed by atoms with Crippen LogP contribution in [0.4, 0.5) is 4.79 Å². The van der Waals surface area contributed by atoms with Gasteiger partial charge >= 0.3 is 12.1 Å². The molecule has 1 amide bonds. The maximum atomic E-state index is 12.1. The number of thiophene rings is 1. The number of carboxylic acids is 1. The van der Waals surface area contributed by atoms with Gasteiger partial charge in [-0.05, 0) is 17.7 Å². The maximum absolute atomic E-state index is 12.1. The average molecular weight is 360 g/mol. The van der Waals surface area contributed by atoms with Gasteiger partial charge in [-0.25, -0.2) is 9.59 Å². The molecule has 1 aromatic heterocycles.